The largest absolute Gasteiger partial charge is 0.573 e. The van der Waals surface area contributed by atoms with Crippen molar-refractivity contribution in [2.45, 2.75) is 12.5 Å². The van der Waals surface area contributed by atoms with Crippen molar-refractivity contribution in [1.29, 1.82) is 0 Å². The lowest BCUT2D eigenvalue weighted by atomic mass is 10.1. The predicted octanol–water partition coefficient (Wildman–Crippen LogP) is 3.66. The number of nitrogens with zero attached hydrogens (tertiary/aromatic N) is 1. The van der Waals surface area contributed by atoms with Gasteiger partial charge < -0.3 is 10.6 Å². The topological polar surface area (TPSA) is 47.6 Å². The number of benzene rings is 1. The van der Waals surface area contributed by atoms with E-state index in [4.69, 9.17) is 5.84 Å². The zero-order chi connectivity index (χ0) is 14.8. The third-order valence-electron chi connectivity index (χ3n) is 1.81. The molecule has 0 aliphatic carbocycles. The first-order chi connectivity index (χ1) is 8.54. The molecule has 0 heterocycles. The third kappa shape index (κ3) is 4.30. The Kier molecular flexibility index (Phi) is 4.33. The van der Waals surface area contributed by atoms with Gasteiger partial charge in [0.1, 0.15) is 0 Å². The van der Waals surface area contributed by atoms with Gasteiger partial charge in [-0.2, -0.15) is 18.3 Å². The highest BCUT2D eigenvalue weighted by molar-refractivity contribution is 9.10. The van der Waals surface area contributed by atoms with Crippen LogP contribution in [0.15, 0.2) is 21.7 Å². The van der Waals surface area contributed by atoms with Crippen molar-refractivity contribution in [3.05, 3.63) is 27.7 Å². The Labute approximate surface area is 111 Å². The molecule has 0 aromatic heterocycles. The first-order valence-electron chi connectivity index (χ1n) is 4.44. The molecule has 0 bridgehead atoms. The molecule has 106 valence electrons. The second-order valence-corrected chi connectivity index (χ2v) is 4.06. The molecule has 0 spiro atoms. The van der Waals surface area contributed by atoms with Crippen molar-refractivity contribution in [3.63, 3.8) is 0 Å². The van der Waals surface area contributed by atoms with Gasteiger partial charge in [-0.3, -0.25) is 0 Å². The smallest absolute Gasteiger partial charge is 0.404 e. The van der Waals surface area contributed by atoms with E-state index in [1.807, 2.05) is 0 Å². The SMILES string of the molecule is NN=Cc1cc(Br)c(OC(F)(F)F)c(C(F)(F)F)c1. The summed E-state index contributed by atoms with van der Waals surface area (Å²) in [5, 5.41) is 3.00. The van der Waals surface area contributed by atoms with Crippen molar-refractivity contribution in [3.8, 4) is 5.75 Å². The molecule has 10 heteroatoms. The van der Waals surface area contributed by atoms with Crippen molar-refractivity contribution < 1.29 is 31.1 Å². The zero-order valence-electron chi connectivity index (χ0n) is 8.81. The maximum Gasteiger partial charge on any atom is 0.573 e. The van der Waals surface area contributed by atoms with Gasteiger partial charge in [-0.05, 0) is 33.6 Å². The normalized spacial score (nSPS) is 13.0. The molecule has 0 saturated heterocycles. The van der Waals surface area contributed by atoms with Gasteiger partial charge in [0, 0.05) is 0 Å². The fourth-order valence-electron chi connectivity index (χ4n) is 1.21. The third-order valence-corrected chi connectivity index (χ3v) is 2.40. The monoisotopic (exact) mass is 350 g/mol. The minimum atomic E-state index is -5.24. The summed E-state index contributed by atoms with van der Waals surface area (Å²) in [4.78, 5) is 0. The molecule has 0 aliphatic heterocycles. The average Bonchev–Trinajstić information content (AvgIpc) is 2.18. The number of nitrogens with two attached hydrogens (primary N) is 1. The van der Waals surface area contributed by atoms with Crippen molar-refractivity contribution in [1.82, 2.24) is 0 Å². The Hall–Kier alpha value is -1.45. The van der Waals surface area contributed by atoms with Crippen molar-refractivity contribution in [2.24, 2.45) is 10.9 Å². The molecule has 2 N–H and O–H groups in total. The Morgan fingerprint density at radius 2 is 1.74 bits per heavy atom. The summed E-state index contributed by atoms with van der Waals surface area (Å²) in [6.45, 7) is 0. The van der Waals surface area contributed by atoms with Crippen LogP contribution in [0.3, 0.4) is 0 Å². The van der Waals surface area contributed by atoms with Crippen LogP contribution in [0, 0.1) is 0 Å². The molecule has 0 unspecified atom stereocenters. The molecule has 0 fully saturated rings. The lowest BCUT2D eigenvalue weighted by Gasteiger charge is -2.17. The minimum Gasteiger partial charge on any atom is -0.404 e. The van der Waals surface area contributed by atoms with Crippen molar-refractivity contribution >= 4 is 22.1 Å². The van der Waals surface area contributed by atoms with Crippen LogP contribution in [-0.2, 0) is 6.18 Å². The van der Waals surface area contributed by atoms with Gasteiger partial charge in [-0.15, -0.1) is 13.2 Å². The zero-order valence-corrected chi connectivity index (χ0v) is 10.4. The molecule has 1 aromatic carbocycles. The van der Waals surface area contributed by atoms with Crippen LogP contribution in [-0.4, -0.2) is 12.6 Å². The fourth-order valence-corrected chi connectivity index (χ4v) is 1.76. The summed E-state index contributed by atoms with van der Waals surface area (Å²) in [6, 6.07) is 1.41. The number of alkyl halides is 6. The van der Waals surface area contributed by atoms with Crippen LogP contribution in [0.2, 0.25) is 0 Å². The molecule has 0 atom stereocenters. The van der Waals surface area contributed by atoms with E-state index in [2.05, 4.69) is 25.8 Å². The average molecular weight is 351 g/mol. The van der Waals surface area contributed by atoms with Crippen LogP contribution in [0.1, 0.15) is 11.1 Å². The van der Waals surface area contributed by atoms with Crippen LogP contribution < -0.4 is 10.6 Å². The summed E-state index contributed by atoms with van der Waals surface area (Å²) in [5.41, 5.74) is -1.72. The second-order valence-electron chi connectivity index (χ2n) is 3.20. The minimum absolute atomic E-state index is 0.128. The van der Waals surface area contributed by atoms with E-state index >= 15 is 0 Å². The molecule has 19 heavy (non-hydrogen) atoms. The molecule has 1 rings (SSSR count). The van der Waals surface area contributed by atoms with Crippen LogP contribution in [0.4, 0.5) is 26.3 Å². The molecule has 1 aromatic rings. The molecule has 0 radical (unpaired) electrons. The molecule has 0 amide bonds. The summed E-state index contributed by atoms with van der Waals surface area (Å²) in [7, 11) is 0. The number of halogens is 7. The molecule has 3 nitrogen and oxygen atoms in total. The number of hydrazone groups is 1. The Balaban J connectivity index is 3.44. The highest BCUT2D eigenvalue weighted by Crippen LogP contribution is 2.43. The van der Waals surface area contributed by atoms with Gasteiger partial charge in [-0.1, -0.05) is 0 Å². The maximum atomic E-state index is 12.7. The summed E-state index contributed by atoms with van der Waals surface area (Å²) < 4.78 is 77.1. The van der Waals surface area contributed by atoms with E-state index in [-0.39, 0.29) is 5.56 Å². The van der Waals surface area contributed by atoms with Gasteiger partial charge >= 0.3 is 12.5 Å². The molecular formula is C9H5BrF6N2O. The first-order valence-corrected chi connectivity index (χ1v) is 5.23. The Morgan fingerprint density at radius 3 is 2.16 bits per heavy atom. The van der Waals surface area contributed by atoms with Gasteiger partial charge in [0.25, 0.3) is 0 Å². The number of hydrogen-bond acceptors (Lipinski definition) is 3. The standard InChI is InChI=1S/C9H5BrF6N2O/c10-6-2-4(3-18-17)1-5(8(11,12)13)7(6)19-9(14,15)16/h1-3H,17H2. The lowest BCUT2D eigenvalue weighted by molar-refractivity contribution is -0.276. The van der Waals surface area contributed by atoms with E-state index < -0.39 is 28.3 Å². The second kappa shape index (κ2) is 5.27. The Morgan fingerprint density at radius 1 is 1.16 bits per heavy atom. The van der Waals surface area contributed by atoms with E-state index in [9.17, 15) is 26.3 Å². The van der Waals surface area contributed by atoms with E-state index in [1.165, 1.54) is 0 Å². The first kappa shape index (κ1) is 15.6. The van der Waals surface area contributed by atoms with E-state index in [0.29, 0.717) is 6.07 Å². The molecule has 0 aliphatic rings. The van der Waals surface area contributed by atoms with E-state index in [1.54, 1.807) is 0 Å². The van der Waals surface area contributed by atoms with Gasteiger partial charge in [0.2, 0.25) is 0 Å². The molecule has 0 saturated carbocycles. The van der Waals surface area contributed by atoms with Gasteiger partial charge in [0.15, 0.2) is 5.75 Å². The summed E-state index contributed by atoms with van der Waals surface area (Å²) in [5.74, 6) is 3.40. The lowest BCUT2D eigenvalue weighted by Crippen LogP contribution is -2.20. The number of hydrogen-bond donors (Lipinski definition) is 1. The van der Waals surface area contributed by atoms with Crippen molar-refractivity contribution in [2.75, 3.05) is 0 Å². The highest BCUT2D eigenvalue weighted by atomic mass is 79.9. The van der Waals surface area contributed by atoms with Crippen LogP contribution in [0.5, 0.6) is 5.75 Å². The highest BCUT2D eigenvalue weighted by Gasteiger charge is 2.40. The predicted molar refractivity (Wildman–Crippen MR) is 57.6 cm³/mol. The van der Waals surface area contributed by atoms with E-state index in [0.717, 1.165) is 12.3 Å². The quantitative estimate of drug-likeness (QED) is 0.383. The number of rotatable bonds is 2. The summed E-state index contributed by atoms with van der Waals surface area (Å²) >= 11 is 2.59. The van der Waals surface area contributed by atoms with Crippen LogP contribution >= 0.6 is 15.9 Å². The fraction of sp³-hybridized carbons (Fsp3) is 0.222. The van der Waals surface area contributed by atoms with Gasteiger partial charge in [0.05, 0.1) is 16.3 Å². The van der Waals surface area contributed by atoms with Gasteiger partial charge in [-0.25, -0.2) is 0 Å². The van der Waals surface area contributed by atoms with Crippen LogP contribution in [0.25, 0.3) is 0 Å². The summed E-state index contributed by atoms with van der Waals surface area (Å²) in [6.07, 6.45) is -9.41. The Bertz CT molecular complexity index is 497. The molecular weight excluding hydrogens is 346 g/mol. The number of ether oxygens (including phenoxy) is 1. The maximum absolute atomic E-state index is 12.7.